The average Bonchev–Trinajstić information content (AvgIpc) is 3.34. The van der Waals surface area contributed by atoms with Crippen molar-refractivity contribution < 1.29 is 9.90 Å². The van der Waals surface area contributed by atoms with Crippen molar-refractivity contribution in [1.82, 2.24) is 15.6 Å². The van der Waals surface area contributed by atoms with Gasteiger partial charge in [0.15, 0.2) is 0 Å². The zero-order chi connectivity index (χ0) is 18.4. The molecule has 5 rings (SSSR count). The third kappa shape index (κ3) is 2.90. The summed E-state index contributed by atoms with van der Waals surface area (Å²) in [6.45, 7) is 0. The van der Waals surface area contributed by atoms with Gasteiger partial charge in [-0.3, -0.25) is 10.1 Å². The maximum atomic E-state index is 12.3. The van der Waals surface area contributed by atoms with E-state index >= 15 is 0 Å². The van der Waals surface area contributed by atoms with Gasteiger partial charge in [-0.2, -0.15) is 0 Å². The monoisotopic (exact) mass is 376 g/mol. The second-order valence-electron chi connectivity index (χ2n) is 6.62. The van der Waals surface area contributed by atoms with Crippen molar-refractivity contribution in [3.05, 3.63) is 70.4 Å². The molecule has 2 unspecified atom stereocenters. The van der Waals surface area contributed by atoms with Crippen LogP contribution in [0.4, 0.5) is 0 Å². The van der Waals surface area contributed by atoms with E-state index in [2.05, 4.69) is 20.6 Å². The minimum absolute atomic E-state index is 0.261. The molecule has 2 atom stereocenters. The Balaban J connectivity index is 1.41. The quantitative estimate of drug-likeness (QED) is 0.600. The number of carbonyl (C=O) groups is 1. The number of aliphatic imine (C=N–C) groups is 1. The molecule has 1 aromatic heterocycles. The van der Waals surface area contributed by atoms with Crippen LogP contribution in [-0.4, -0.2) is 28.1 Å². The summed E-state index contributed by atoms with van der Waals surface area (Å²) in [6.07, 6.45) is 1.79. The molecule has 134 valence electrons. The van der Waals surface area contributed by atoms with Gasteiger partial charge in [-0.05, 0) is 34.9 Å². The normalized spacial score (nSPS) is 22.8. The van der Waals surface area contributed by atoms with E-state index in [4.69, 9.17) is 0 Å². The fourth-order valence-electron chi connectivity index (χ4n) is 3.55. The third-order valence-electron chi connectivity index (χ3n) is 4.85. The van der Waals surface area contributed by atoms with E-state index in [9.17, 15) is 9.90 Å². The Morgan fingerprint density at radius 2 is 2.15 bits per heavy atom. The summed E-state index contributed by atoms with van der Waals surface area (Å²) in [5.74, 6) is 0.105. The number of fused-ring (bicyclic) bond motifs is 2. The Morgan fingerprint density at radius 1 is 1.26 bits per heavy atom. The van der Waals surface area contributed by atoms with E-state index in [1.54, 1.807) is 22.9 Å². The van der Waals surface area contributed by atoms with Crippen molar-refractivity contribution in [2.45, 2.75) is 18.6 Å². The van der Waals surface area contributed by atoms with Crippen LogP contribution in [0.3, 0.4) is 0 Å². The number of aliphatic hydroxyl groups excluding tert-OH is 1. The van der Waals surface area contributed by atoms with E-state index in [1.807, 2.05) is 42.5 Å². The van der Waals surface area contributed by atoms with Crippen molar-refractivity contribution in [2.75, 3.05) is 0 Å². The van der Waals surface area contributed by atoms with Crippen LogP contribution in [-0.2, 0) is 11.2 Å². The Kier molecular flexibility index (Phi) is 3.77. The zero-order valence-electron chi connectivity index (χ0n) is 14.2. The highest BCUT2D eigenvalue weighted by molar-refractivity contribution is 7.16. The molecule has 27 heavy (non-hydrogen) atoms. The van der Waals surface area contributed by atoms with E-state index < -0.39 is 6.10 Å². The molecule has 0 radical (unpaired) electrons. The van der Waals surface area contributed by atoms with Gasteiger partial charge < -0.3 is 10.4 Å². The van der Waals surface area contributed by atoms with E-state index in [0.717, 1.165) is 26.9 Å². The molecular formula is C20H16N4O2S. The van der Waals surface area contributed by atoms with Crippen LogP contribution in [0.25, 0.3) is 16.3 Å². The maximum Gasteiger partial charge on any atom is 0.276 e. The van der Waals surface area contributed by atoms with Gasteiger partial charge in [0.25, 0.3) is 5.91 Å². The van der Waals surface area contributed by atoms with Gasteiger partial charge in [0, 0.05) is 6.42 Å². The van der Waals surface area contributed by atoms with E-state index in [0.29, 0.717) is 18.1 Å². The van der Waals surface area contributed by atoms with Gasteiger partial charge in [0.05, 0.1) is 27.9 Å². The first-order chi connectivity index (χ1) is 13.2. The summed E-state index contributed by atoms with van der Waals surface area (Å²) in [7, 11) is 0. The lowest BCUT2D eigenvalue weighted by Gasteiger charge is -2.18. The molecular weight excluding hydrogens is 360 g/mol. The molecule has 1 aliphatic heterocycles. The fraction of sp³-hybridized carbons (Fsp3) is 0.150. The minimum atomic E-state index is -0.552. The molecule has 3 aromatic rings. The molecule has 0 saturated heterocycles. The number of nitrogens with one attached hydrogen (secondary N) is 2. The van der Waals surface area contributed by atoms with Crippen molar-refractivity contribution in [2.24, 2.45) is 4.99 Å². The maximum absolute atomic E-state index is 12.3. The largest absolute Gasteiger partial charge is 0.390 e. The SMILES string of the molecule is O=C1NC(NC2c3ccccc3CC2O)=N/C1=C\c1ccc2ncsc2c1. The van der Waals surface area contributed by atoms with Gasteiger partial charge in [0.2, 0.25) is 5.96 Å². The first-order valence-electron chi connectivity index (χ1n) is 8.65. The van der Waals surface area contributed by atoms with Crippen molar-refractivity contribution in [3.8, 4) is 0 Å². The van der Waals surface area contributed by atoms with Gasteiger partial charge in [0.1, 0.15) is 5.70 Å². The highest BCUT2D eigenvalue weighted by Gasteiger charge is 2.33. The van der Waals surface area contributed by atoms with E-state index in [-0.39, 0.29) is 11.9 Å². The fourth-order valence-corrected chi connectivity index (χ4v) is 4.28. The van der Waals surface area contributed by atoms with Crippen LogP contribution in [0.2, 0.25) is 0 Å². The number of rotatable bonds is 2. The zero-order valence-corrected chi connectivity index (χ0v) is 15.0. The molecule has 3 N–H and O–H groups in total. The van der Waals surface area contributed by atoms with Crippen LogP contribution < -0.4 is 10.6 Å². The lowest BCUT2D eigenvalue weighted by molar-refractivity contribution is -0.115. The van der Waals surface area contributed by atoms with Crippen molar-refractivity contribution in [3.63, 3.8) is 0 Å². The number of thiazole rings is 1. The highest BCUT2D eigenvalue weighted by atomic mass is 32.1. The summed E-state index contributed by atoms with van der Waals surface area (Å²) >= 11 is 1.56. The van der Waals surface area contributed by atoms with Gasteiger partial charge >= 0.3 is 0 Å². The summed E-state index contributed by atoms with van der Waals surface area (Å²) < 4.78 is 1.07. The lowest BCUT2D eigenvalue weighted by Crippen LogP contribution is -2.41. The van der Waals surface area contributed by atoms with Crippen LogP contribution in [0, 0.1) is 0 Å². The van der Waals surface area contributed by atoms with Gasteiger partial charge in [-0.15, -0.1) is 11.3 Å². The molecule has 2 aromatic carbocycles. The predicted molar refractivity (Wildman–Crippen MR) is 105 cm³/mol. The van der Waals surface area contributed by atoms with Crippen LogP contribution in [0.15, 0.2) is 58.7 Å². The van der Waals surface area contributed by atoms with Crippen LogP contribution in [0.1, 0.15) is 22.7 Å². The average molecular weight is 376 g/mol. The minimum Gasteiger partial charge on any atom is -0.390 e. The molecule has 6 nitrogen and oxygen atoms in total. The first-order valence-corrected chi connectivity index (χ1v) is 9.53. The standard InChI is InChI=1S/C20H16N4O2S/c25-16-9-12-3-1-2-4-13(12)18(16)23-20-22-15(19(26)24-20)7-11-5-6-14-17(8-11)27-10-21-14/h1-8,10,16,18,25H,9H2,(H2,22,23,24,26)/b15-7-. The lowest BCUT2D eigenvalue weighted by atomic mass is 10.1. The van der Waals surface area contributed by atoms with Crippen LogP contribution in [0.5, 0.6) is 0 Å². The summed E-state index contributed by atoms with van der Waals surface area (Å²) in [5.41, 5.74) is 6.12. The number of hydrogen-bond acceptors (Lipinski definition) is 6. The summed E-state index contributed by atoms with van der Waals surface area (Å²) in [5, 5.41) is 16.3. The number of carbonyl (C=O) groups excluding carboxylic acids is 1. The molecule has 1 aliphatic carbocycles. The number of amides is 1. The number of guanidine groups is 1. The highest BCUT2D eigenvalue weighted by Crippen LogP contribution is 2.31. The molecule has 7 heteroatoms. The number of nitrogens with zero attached hydrogens (tertiary/aromatic N) is 2. The topological polar surface area (TPSA) is 86.6 Å². The number of aliphatic hydroxyl groups is 1. The summed E-state index contributed by atoms with van der Waals surface area (Å²) in [4.78, 5) is 20.9. The second-order valence-corrected chi connectivity index (χ2v) is 7.50. The Labute approximate surface area is 159 Å². The first kappa shape index (κ1) is 16.2. The number of hydrogen-bond donors (Lipinski definition) is 3. The van der Waals surface area contributed by atoms with Crippen molar-refractivity contribution in [1.29, 1.82) is 0 Å². The number of benzene rings is 2. The molecule has 1 amide bonds. The van der Waals surface area contributed by atoms with E-state index in [1.165, 1.54) is 0 Å². The molecule has 2 aliphatic rings. The van der Waals surface area contributed by atoms with Gasteiger partial charge in [-0.25, -0.2) is 9.98 Å². The second kappa shape index (κ2) is 6.29. The Morgan fingerprint density at radius 3 is 3.07 bits per heavy atom. The Bertz CT molecular complexity index is 1120. The molecule has 0 fully saturated rings. The third-order valence-corrected chi connectivity index (χ3v) is 5.64. The predicted octanol–water partition coefficient (Wildman–Crippen LogP) is 2.37. The smallest absolute Gasteiger partial charge is 0.276 e. The molecule has 0 saturated carbocycles. The van der Waals surface area contributed by atoms with Crippen LogP contribution >= 0.6 is 11.3 Å². The van der Waals surface area contributed by atoms with Gasteiger partial charge in [-0.1, -0.05) is 30.3 Å². The molecule has 0 spiro atoms. The molecule has 0 bridgehead atoms. The number of aromatic nitrogens is 1. The summed E-state index contributed by atoms with van der Waals surface area (Å²) in [6, 6.07) is 13.5. The molecule has 2 heterocycles. The van der Waals surface area contributed by atoms with Crippen molar-refractivity contribution >= 4 is 39.5 Å². The Hall–Kier alpha value is -3.03.